The maximum atomic E-state index is 13.5. The number of carboxylic acids is 1. The molecule has 0 fully saturated rings. The van der Waals surface area contributed by atoms with Crippen molar-refractivity contribution in [1.82, 2.24) is 4.57 Å². The number of nitrogens with zero attached hydrogens (tertiary/aromatic N) is 1. The van der Waals surface area contributed by atoms with Gasteiger partial charge < -0.3 is 10.4 Å². The number of pyridine rings is 1. The summed E-state index contributed by atoms with van der Waals surface area (Å²) in [6.45, 7) is 0. The largest absolute Gasteiger partial charge is 0.477 e. The molecule has 2 N–H and O–H groups in total. The molecule has 6 nitrogen and oxygen atoms in total. The van der Waals surface area contributed by atoms with Crippen LogP contribution in [0, 0.1) is 0 Å². The number of aromatic nitrogens is 1. The van der Waals surface area contributed by atoms with Crippen molar-refractivity contribution in [2.75, 3.05) is 5.32 Å². The number of benzene rings is 3. The highest BCUT2D eigenvalue weighted by molar-refractivity contribution is 6.02. The molecule has 0 radical (unpaired) electrons. The number of hydrogen-bond acceptors (Lipinski definition) is 3. The summed E-state index contributed by atoms with van der Waals surface area (Å²) >= 11 is 0. The fraction of sp³-hybridized carbons (Fsp3) is 0.0417. The van der Waals surface area contributed by atoms with Crippen molar-refractivity contribution < 1.29 is 27.9 Å². The first kappa shape index (κ1) is 21.8. The summed E-state index contributed by atoms with van der Waals surface area (Å²) in [6, 6.07) is 16.0. The van der Waals surface area contributed by atoms with Crippen molar-refractivity contribution in [2.45, 2.75) is 6.18 Å². The minimum atomic E-state index is -4.61. The molecule has 0 spiro atoms. The fourth-order valence-electron chi connectivity index (χ4n) is 3.57. The quantitative estimate of drug-likeness (QED) is 0.432. The molecule has 0 aliphatic rings. The van der Waals surface area contributed by atoms with Crippen LogP contribution in [0.1, 0.15) is 15.9 Å². The zero-order valence-electron chi connectivity index (χ0n) is 16.8. The summed E-state index contributed by atoms with van der Waals surface area (Å²) in [6.07, 6.45) is -3.71. The lowest BCUT2D eigenvalue weighted by molar-refractivity contribution is -0.137. The Hall–Kier alpha value is -4.40. The van der Waals surface area contributed by atoms with Gasteiger partial charge in [-0.1, -0.05) is 48.5 Å². The molecule has 33 heavy (non-hydrogen) atoms. The lowest BCUT2D eigenvalue weighted by Crippen LogP contribution is -2.26. The van der Waals surface area contributed by atoms with E-state index in [-0.39, 0.29) is 27.7 Å². The van der Waals surface area contributed by atoms with Gasteiger partial charge >= 0.3 is 18.2 Å². The Morgan fingerprint density at radius 1 is 0.848 bits per heavy atom. The third-order valence-corrected chi connectivity index (χ3v) is 5.05. The van der Waals surface area contributed by atoms with Crippen LogP contribution in [-0.2, 0) is 6.18 Å². The zero-order chi connectivity index (χ0) is 23.8. The van der Waals surface area contributed by atoms with Gasteiger partial charge in [-0.25, -0.2) is 9.59 Å². The molecular formula is C24H15F3N2O4. The van der Waals surface area contributed by atoms with E-state index in [1.165, 1.54) is 54.6 Å². The minimum Gasteiger partial charge on any atom is -0.477 e. The Morgan fingerprint density at radius 2 is 1.45 bits per heavy atom. The second-order valence-electron chi connectivity index (χ2n) is 7.08. The van der Waals surface area contributed by atoms with Gasteiger partial charge in [0.1, 0.15) is 5.56 Å². The molecule has 1 heterocycles. The molecule has 1 amide bonds. The number of rotatable bonds is 3. The van der Waals surface area contributed by atoms with Gasteiger partial charge in [-0.2, -0.15) is 13.2 Å². The summed E-state index contributed by atoms with van der Waals surface area (Å²) in [5.41, 5.74) is -1.99. The maximum Gasteiger partial charge on any atom is 0.417 e. The summed E-state index contributed by atoms with van der Waals surface area (Å²) in [4.78, 5) is 37.1. The second-order valence-corrected chi connectivity index (χ2v) is 7.08. The summed E-state index contributed by atoms with van der Waals surface area (Å²) in [5, 5.41) is 11.9. The Kier molecular flexibility index (Phi) is 5.47. The molecular weight excluding hydrogens is 437 g/mol. The number of carboxylic acid groups (broad SMARTS) is 1. The maximum absolute atomic E-state index is 13.5. The van der Waals surface area contributed by atoms with Crippen LogP contribution in [0.15, 0.2) is 83.8 Å². The zero-order valence-corrected chi connectivity index (χ0v) is 16.8. The van der Waals surface area contributed by atoms with E-state index in [4.69, 9.17) is 0 Å². The highest BCUT2D eigenvalue weighted by atomic mass is 19.4. The molecule has 0 saturated heterocycles. The van der Waals surface area contributed by atoms with Gasteiger partial charge in [0.2, 0.25) is 5.43 Å². The first-order valence-corrected chi connectivity index (χ1v) is 9.63. The molecule has 0 saturated carbocycles. The van der Waals surface area contributed by atoms with Crippen LogP contribution in [-0.4, -0.2) is 21.7 Å². The number of carbonyl (C=O) groups is 2. The number of nitrogens with one attached hydrogen (secondary N) is 1. The standard InChI is InChI=1S/C24H15F3N2O4/c25-24(26,27)18-10-4-1-7-14(18)15-8-2-5-11-19(15)28-23(33)29-13-17(22(31)32)21(30)16-9-3-6-12-20(16)29/h1-13H,(H,28,33)(H,31,32). The molecule has 0 atom stereocenters. The number of amides is 1. The van der Waals surface area contributed by atoms with E-state index in [2.05, 4.69) is 5.32 Å². The van der Waals surface area contributed by atoms with E-state index in [0.717, 1.165) is 16.8 Å². The first-order chi connectivity index (χ1) is 15.7. The van der Waals surface area contributed by atoms with Crippen molar-refractivity contribution in [2.24, 2.45) is 0 Å². The van der Waals surface area contributed by atoms with E-state index in [1.807, 2.05) is 0 Å². The van der Waals surface area contributed by atoms with Crippen molar-refractivity contribution in [3.8, 4) is 11.1 Å². The van der Waals surface area contributed by atoms with Gasteiger partial charge in [0, 0.05) is 17.1 Å². The predicted octanol–water partition coefficient (Wildman–Crippen LogP) is 5.47. The van der Waals surface area contributed by atoms with E-state index >= 15 is 0 Å². The molecule has 166 valence electrons. The number of anilines is 1. The van der Waals surface area contributed by atoms with Crippen LogP contribution in [0.25, 0.3) is 22.0 Å². The molecule has 9 heteroatoms. The average Bonchev–Trinajstić information content (AvgIpc) is 2.79. The predicted molar refractivity (Wildman–Crippen MR) is 116 cm³/mol. The van der Waals surface area contributed by atoms with Crippen LogP contribution >= 0.6 is 0 Å². The summed E-state index contributed by atoms with van der Waals surface area (Å²) < 4.78 is 41.6. The van der Waals surface area contributed by atoms with Crippen molar-refractivity contribution in [1.29, 1.82) is 0 Å². The third kappa shape index (κ3) is 4.08. The number of aromatic carboxylic acids is 1. The Balaban J connectivity index is 1.84. The lowest BCUT2D eigenvalue weighted by atomic mass is 9.98. The average molecular weight is 452 g/mol. The molecule has 0 aliphatic heterocycles. The van der Waals surface area contributed by atoms with E-state index in [1.54, 1.807) is 12.1 Å². The normalized spacial score (nSPS) is 11.4. The highest BCUT2D eigenvalue weighted by Crippen LogP contribution is 2.39. The second kappa shape index (κ2) is 8.27. The van der Waals surface area contributed by atoms with E-state index < -0.39 is 34.7 Å². The Morgan fingerprint density at radius 3 is 2.15 bits per heavy atom. The van der Waals surface area contributed by atoms with Crippen molar-refractivity contribution in [3.05, 3.63) is 100 Å². The van der Waals surface area contributed by atoms with Gasteiger partial charge in [-0.05, 0) is 29.8 Å². The number of hydrogen-bond donors (Lipinski definition) is 2. The van der Waals surface area contributed by atoms with Crippen molar-refractivity contribution in [3.63, 3.8) is 0 Å². The van der Waals surface area contributed by atoms with Crippen molar-refractivity contribution >= 4 is 28.6 Å². The van der Waals surface area contributed by atoms with E-state index in [0.29, 0.717) is 0 Å². The molecule has 3 aromatic carbocycles. The Labute approximate surface area is 184 Å². The molecule has 0 bridgehead atoms. The molecule has 4 aromatic rings. The van der Waals surface area contributed by atoms with Gasteiger partial charge in [0.05, 0.1) is 16.8 Å². The number of alkyl halides is 3. The Bertz CT molecular complexity index is 1460. The SMILES string of the molecule is O=C(O)c1cn(C(=O)Nc2ccccc2-c2ccccc2C(F)(F)F)c2ccccc2c1=O. The minimum absolute atomic E-state index is 0.0169. The first-order valence-electron chi connectivity index (χ1n) is 9.63. The summed E-state index contributed by atoms with van der Waals surface area (Å²) in [5.74, 6) is -1.51. The molecule has 0 aliphatic carbocycles. The van der Waals surface area contributed by atoms with Crippen LogP contribution in [0.2, 0.25) is 0 Å². The molecule has 0 unspecified atom stereocenters. The third-order valence-electron chi connectivity index (χ3n) is 5.05. The highest BCUT2D eigenvalue weighted by Gasteiger charge is 2.33. The molecule has 1 aromatic heterocycles. The smallest absolute Gasteiger partial charge is 0.417 e. The van der Waals surface area contributed by atoms with Gasteiger partial charge in [-0.3, -0.25) is 9.36 Å². The van der Waals surface area contributed by atoms with Crippen LogP contribution in [0.4, 0.5) is 23.7 Å². The number of halogens is 3. The van der Waals surface area contributed by atoms with Crippen LogP contribution in [0.3, 0.4) is 0 Å². The fourth-order valence-corrected chi connectivity index (χ4v) is 3.57. The van der Waals surface area contributed by atoms with Gasteiger partial charge in [0.25, 0.3) is 0 Å². The number of carbonyl (C=O) groups excluding carboxylic acids is 1. The van der Waals surface area contributed by atoms with Gasteiger partial charge in [-0.15, -0.1) is 0 Å². The molecule has 4 rings (SSSR count). The van der Waals surface area contributed by atoms with Crippen LogP contribution in [0.5, 0.6) is 0 Å². The number of fused-ring (bicyclic) bond motifs is 1. The van der Waals surface area contributed by atoms with E-state index in [9.17, 15) is 32.7 Å². The number of para-hydroxylation sites is 2. The summed E-state index contributed by atoms with van der Waals surface area (Å²) in [7, 11) is 0. The van der Waals surface area contributed by atoms with Crippen LogP contribution < -0.4 is 10.7 Å². The lowest BCUT2D eigenvalue weighted by Gasteiger charge is -2.17. The van der Waals surface area contributed by atoms with Gasteiger partial charge in [0.15, 0.2) is 0 Å². The monoisotopic (exact) mass is 452 g/mol. The topological polar surface area (TPSA) is 88.4 Å².